The van der Waals surface area contributed by atoms with Crippen molar-refractivity contribution in [3.05, 3.63) is 76.2 Å². The van der Waals surface area contributed by atoms with Crippen LogP contribution in [0.5, 0.6) is 0 Å². The molecule has 2 aliphatic rings. The van der Waals surface area contributed by atoms with E-state index in [1.165, 1.54) is 12.1 Å². The third kappa shape index (κ3) is 4.17. The van der Waals surface area contributed by atoms with Gasteiger partial charge in [0.1, 0.15) is 11.6 Å². The van der Waals surface area contributed by atoms with Gasteiger partial charge in [0.25, 0.3) is 5.56 Å². The summed E-state index contributed by atoms with van der Waals surface area (Å²) in [7, 11) is 0. The molecule has 3 aromatic rings. The number of hydrogen-bond acceptors (Lipinski definition) is 3. The Bertz CT molecular complexity index is 1060. The number of nitrogens with one attached hydrogen (secondary N) is 1. The maximum Gasteiger partial charge on any atom is 0.261 e. The number of piperidine rings is 1. The monoisotopic (exact) mass is 450 g/mol. The minimum atomic E-state index is -0.228. The summed E-state index contributed by atoms with van der Waals surface area (Å²) >= 11 is 0. The van der Waals surface area contributed by atoms with Gasteiger partial charge in [-0.3, -0.25) is 4.79 Å². The summed E-state index contributed by atoms with van der Waals surface area (Å²) in [5.41, 5.74) is 2.91. The first-order chi connectivity index (χ1) is 13.7. The molecule has 5 rings (SSSR count). The van der Waals surface area contributed by atoms with Gasteiger partial charge in [-0.25, -0.2) is 9.37 Å². The number of hydrogen-bond donors (Lipinski definition) is 1. The number of benzene rings is 1. The lowest BCUT2D eigenvalue weighted by molar-refractivity contribution is 0.257. The van der Waals surface area contributed by atoms with Gasteiger partial charge in [-0.05, 0) is 55.1 Å². The summed E-state index contributed by atoms with van der Waals surface area (Å²) in [6, 6.07) is 10.6. The molecule has 1 N–H and O–H groups in total. The Kier molecular flexibility index (Phi) is 7.01. The maximum absolute atomic E-state index is 13.3. The van der Waals surface area contributed by atoms with Crippen LogP contribution < -0.4 is 10.9 Å². The summed E-state index contributed by atoms with van der Waals surface area (Å²) in [6.45, 7) is 3.40. The largest absolute Gasteiger partial charge is 0.330 e. The molecule has 0 spiro atoms. The van der Waals surface area contributed by atoms with Crippen molar-refractivity contribution < 1.29 is 4.39 Å². The molecule has 1 fully saturated rings. The predicted octanol–water partition coefficient (Wildman–Crippen LogP) is 3.64. The van der Waals surface area contributed by atoms with E-state index in [0.29, 0.717) is 29.8 Å². The fraction of sp³-hybridized carbons (Fsp3) is 0.364. The normalized spacial score (nSPS) is 19.4. The van der Waals surface area contributed by atoms with Crippen molar-refractivity contribution in [3.8, 4) is 11.4 Å². The second-order valence-electron chi connectivity index (χ2n) is 7.87. The summed E-state index contributed by atoms with van der Waals surface area (Å²) in [5, 5.41) is 3.48. The highest BCUT2D eigenvalue weighted by molar-refractivity contribution is 5.85. The van der Waals surface area contributed by atoms with Gasteiger partial charge < -0.3 is 14.5 Å². The Morgan fingerprint density at radius 1 is 1.10 bits per heavy atom. The number of fused-ring (bicyclic) bond motifs is 4. The van der Waals surface area contributed by atoms with Crippen molar-refractivity contribution >= 4 is 24.8 Å². The van der Waals surface area contributed by atoms with E-state index in [0.717, 1.165) is 43.7 Å². The van der Waals surface area contributed by atoms with Gasteiger partial charge in [-0.15, -0.1) is 24.8 Å². The zero-order chi connectivity index (χ0) is 19.1. The van der Waals surface area contributed by atoms with E-state index in [1.807, 2.05) is 21.4 Å². The highest BCUT2D eigenvalue weighted by atomic mass is 35.5. The van der Waals surface area contributed by atoms with Crippen molar-refractivity contribution in [2.75, 3.05) is 13.1 Å². The third-order valence-corrected chi connectivity index (χ3v) is 6.02. The molecular formula is C22H25Cl2FN4O. The first kappa shape index (κ1) is 22.5. The van der Waals surface area contributed by atoms with E-state index < -0.39 is 0 Å². The number of aromatic nitrogens is 3. The smallest absolute Gasteiger partial charge is 0.261 e. The molecule has 4 heterocycles. The van der Waals surface area contributed by atoms with Crippen LogP contribution in [0, 0.1) is 11.7 Å². The van der Waals surface area contributed by atoms with Crippen LogP contribution in [0.1, 0.15) is 23.6 Å². The molecule has 0 saturated carbocycles. The van der Waals surface area contributed by atoms with E-state index in [1.54, 1.807) is 18.3 Å². The first-order valence-electron chi connectivity index (χ1n) is 9.89. The summed E-state index contributed by atoms with van der Waals surface area (Å²) in [5.74, 6) is 1.43. The molecule has 30 heavy (non-hydrogen) atoms. The topological polar surface area (TPSA) is 51.9 Å². The van der Waals surface area contributed by atoms with Crippen LogP contribution in [-0.2, 0) is 19.5 Å². The van der Waals surface area contributed by atoms with Crippen LogP contribution >= 0.6 is 24.8 Å². The molecule has 2 atom stereocenters. The van der Waals surface area contributed by atoms with Crippen molar-refractivity contribution in [2.45, 2.75) is 31.8 Å². The quantitative estimate of drug-likeness (QED) is 0.659. The van der Waals surface area contributed by atoms with Crippen LogP contribution in [0.25, 0.3) is 11.4 Å². The predicted molar refractivity (Wildman–Crippen MR) is 120 cm³/mol. The number of halogens is 3. The summed E-state index contributed by atoms with van der Waals surface area (Å²) in [4.78, 5) is 17.7. The van der Waals surface area contributed by atoms with Gasteiger partial charge in [0.2, 0.25) is 0 Å². The maximum atomic E-state index is 13.3. The number of rotatable bonds is 4. The van der Waals surface area contributed by atoms with E-state index in [2.05, 4.69) is 16.4 Å². The Labute approximate surface area is 187 Å². The van der Waals surface area contributed by atoms with Crippen molar-refractivity contribution in [1.82, 2.24) is 19.4 Å². The molecule has 160 valence electrons. The van der Waals surface area contributed by atoms with E-state index in [-0.39, 0.29) is 36.2 Å². The Hall–Kier alpha value is -2.15. The van der Waals surface area contributed by atoms with Gasteiger partial charge in [0, 0.05) is 43.6 Å². The van der Waals surface area contributed by atoms with Gasteiger partial charge in [0.15, 0.2) is 0 Å². The Morgan fingerprint density at radius 3 is 2.70 bits per heavy atom. The molecule has 0 radical (unpaired) electrons. The molecule has 1 aromatic carbocycles. The molecule has 2 bridgehead atoms. The van der Waals surface area contributed by atoms with Crippen molar-refractivity contribution in [3.63, 3.8) is 0 Å². The van der Waals surface area contributed by atoms with Crippen LogP contribution in [0.4, 0.5) is 4.39 Å². The lowest BCUT2D eigenvalue weighted by Crippen LogP contribution is -2.45. The third-order valence-electron chi connectivity index (χ3n) is 6.02. The first-order valence-corrected chi connectivity index (χ1v) is 9.89. The van der Waals surface area contributed by atoms with Crippen LogP contribution in [0.3, 0.4) is 0 Å². The molecular weight excluding hydrogens is 426 g/mol. The fourth-order valence-corrected chi connectivity index (χ4v) is 4.60. The highest BCUT2D eigenvalue weighted by Gasteiger charge is 2.31. The second kappa shape index (κ2) is 9.33. The van der Waals surface area contributed by atoms with Crippen LogP contribution in [0.15, 0.2) is 53.6 Å². The lowest BCUT2D eigenvalue weighted by atomic mass is 9.84. The van der Waals surface area contributed by atoms with Crippen molar-refractivity contribution in [1.29, 1.82) is 0 Å². The van der Waals surface area contributed by atoms with E-state index in [9.17, 15) is 9.18 Å². The standard InChI is InChI=1S/C22H23FN4O.2ClH/c23-18-3-1-15(2-4-18)7-9-26-10-8-25-21(26)19-5-6-20-17-11-16(12-24-13-17)14-27(20)22(19)28;;/h1-6,8,10,16-17,24H,7,9,11-14H2;2*1H/t16-,17+;;/m0../s1. The lowest BCUT2D eigenvalue weighted by Gasteiger charge is -2.37. The molecule has 5 nitrogen and oxygen atoms in total. The van der Waals surface area contributed by atoms with Gasteiger partial charge in [-0.2, -0.15) is 0 Å². The number of pyridine rings is 1. The van der Waals surface area contributed by atoms with Gasteiger partial charge >= 0.3 is 0 Å². The Morgan fingerprint density at radius 2 is 1.90 bits per heavy atom. The molecule has 1 saturated heterocycles. The van der Waals surface area contributed by atoms with Crippen LogP contribution in [0.2, 0.25) is 0 Å². The number of aryl methyl sites for hydroxylation is 2. The Balaban J connectivity index is 0.00000128. The van der Waals surface area contributed by atoms with E-state index in [4.69, 9.17) is 0 Å². The molecule has 0 aliphatic carbocycles. The second-order valence-corrected chi connectivity index (χ2v) is 7.87. The van der Waals surface area contributed by atoms with E-state index >= 15 is 0 Å². The molecule has 0 amide bonds. The average molecular weight is 451 g/mol. The fourth-order valence-electron chi connectivity index (χ4n) is 4.60. The minimum absolute atomic E-state index is 0. The SMILES string of the molecule is Cl.Cl.O=c1c(-c2nccn2CCc2ccc(F)cc2)ccc2n1C[C@@H]1CNC[C@H]2C1. The van der Waals surface area contributed by atoms with Crippen LogP contribution in [-0.4, -0.2) is 27.2 Å². The van der Waals surface area contributed by atoms with Gasteiger partial charge in [0.05, 0.1) is 5.56 Å². The summed E-state index contributed by atoms with van der Waals surface area (Å²) in [6.07, 6.45) is 5.56. The van der Waals surface area contributed by atoms with Crippen molar-refractivity contribution in [2.24, 2.45) is 5.92 Å². The molecule has 8 heteroatoms. The van der Waals surface area contributed by atoms with Gasteiger partial charge in [-0.1, -0.05) is 12.1 Å². The summed E-state index contributed by atoms with van der Waals surface area (Å²) < 4.78 is 17.1. The average Bonchev–Trinajstić information content (AvgIpc) is 3.17. The molecule has 0 unspecified atom stereocenters. The zero-order valence-corrected chi connectivity index (χ0v) is 18.1. The molecule has 2 aliphatic heterocycles. The number of nitrogens with zero attached hydrogens (tertiary/aromatic N) is 3. The zero-order valence-electron chi connectivity index (χ0n) is 16.5. The number of imidazole rings is 1. The molecule has 2 aromatic heterocycles. The highest BCUT2D eigenvalue weighted by Crippen LogP contribution is 2.32. The minimum Gasteiger partial charge on any atom is -0.330 e.